The van der Waals surface area contributed by atoms with Gasteiger partial charge in [-0.25, -0.2) is 0 Å². The van der Waals surface area contributed by atoms with Gasteiger partial charge in [-0.15, -0.1) is 0 Å². The first kappa shape index (κ1) is 11.1. The Kier molecular flexibility index (Phi) is 2.62. The Morgan fingerprint density at radius 3 is 2.94 bits per heavy atom. The van der Waals surface area contributed by atoms with Crippen molar-refractivity contribution in [1.29, 1.82) is 0 Å². The molecule has 1 saturated carbocycles. The number of nitrogens with zero attached hydrogens (tertiary/aromatic N) is 1. The third-order valence-corrected chi connectivity index (χ3v) is 4.26. The van der Waals surface area contributed by atoms with E-state index in [1.165, 1.54) is 49.2 Å². The maximum Gasteiger partial charge on any atom is 0.0397 e. The molecule has 1 fully saturated rings. The molecule has 0 unspecified atom stereocenters. The summed E-state index contributed by atoms with van der Waals surface area (Å²) in [4.78, 5) is 2.35. The summed E-state index contributed by atoms with van der Waals surface area (Å²) < 4.78 is 0. The van der Waals surface area contributed by atoms with Gasteiger partial charge < -0.3 is 10.2 Å². The Balaban J connectivity index is 1.60. The lowest BCUT2D eigenvalue weighted by Crippen LogP contribution is -2.21. The van der Waals surface area contributed by atoms with Crippen molar-refractivity contribution in [3.05, 3.63) is 29.3 Å². The standard InChI is InChI=1S/C15H22N2/c1-15(6-7-15)11-16-10-12-3-4-14-13(9-12)5-8-17(14)2/h3-4,9,16H,5-8,10-11H2,1-2H3. The molecule has 1 aromatic rings. The number of anilines is 1. The van der Waals surface area contributed by atoms with Crippen molar-refractivity contribution in [3.63, 3.8) is 0 Å². The van der Waals surface area contributed by atoms with Crippen LogP contribution in [-0.4, -0.2) is 20.1 Å². The predicted octanol–water partition coefficient (Wildman–Crippen LogP) is 2.57. The second-order valence-electron chi connectivity index (χ2n) is 6.05. The van der Waals surface area contributed by atoms with Gasteiger partial charge in [-0.1, -0.05) is 19.1 Å². The zero-order chi connectivity index (χ0) is 11.9. The minimum absolute atomic E-state index is 0.608. The molecule has 1 aliphatic carbocycles. The van der Waals surface area contributed by atoms with Crippen molar-refractivity contribution in [2.45, 2.75) is 32.7 Å². The third-order valence-electron chi connectivity index (χ3n) is 4.26. The maximum absolute atomic E-state index is 3.59. The van der Waals surface area contributed by atoms with E-state index >= 15 is 0 Å². The molecule has 0 spiro atoms. The quantitative estimate of drug-likeness (QED) is 0.855. The number of hydrogen-bond donors (Lipinski definition) is 1. The van der Waals surface area contributed by atoms with E-state index in [0.717, 1.165) is 6.54 Å². The highest BCUT2D eigenvalue weighted by molar-refractivity contribution is 5.58. The summed E-state index contributed by atoms with van der Waals surface area (Å²) in [6.07, 6.45) is 4.00. The summed E-state index contributed by atoms with van der Waals surface area (Å²) in [5.74, 6) is 0. The lowest BCUT2D eigenvalue weighted by molar-refractivity contribution is 0.499. The molecular weight excluding hydrogens is 208 g/mol. The lowest BCUT2D eigenvalue weighted by atomic mass is 10.1. The fourth-order valence-electron chi connectivity index (χ4n) is 2.63. The molecule has 3 rings (SSSR count). The molecule has 0 aromatic heterocycles. The van der Waals surface area contributed by atoms with E-state index in [1.54, 1.807) is 0 Å². The number of fused-ring (bicyclic) bond motifs is 1. The molecule has 1 N–H and O–H groups in total. The lowest BCUT2D eigenvalue weighted by Gasteiger charge is -2.13. The Hall–Kier alpha value is -1.02. The minimum Gasteiger partial charge on any atom is -0.374 e. The highest BCUT2D eigenvalue weighted by Gasteiger charge is 2.36. The van der Waals surface area contributed by atoms with Gasteiger partial charge in [0.1, 0.15) is 0 Å². The SMILES string of the molecule is CN1CCc2cc(CNCC3(C)CC3)ccc21. The van der Waals surface area contributed by atoms with E-state index in [9.17, 15) is 0 Å². The summed E-state index contributed by atoms with van der Waals surface area (Å²) in [5, 5.41) is 3.59. The number of nitrogens with one attached hydrogen (secondary N) is 1. The van der Waals surface area contributed by atoms with Crippen molar-refractivity contribution >= 4 is 5.69 Å². The third kappa shape index (κ3) is 2.32. The normalized spacial score (nSPS) is 20.5. The van der Waals surface area contributed by atoms with Crippen LogP contribution in [0.25, 0.3) is 0 Å². The van der Waals surface area contributed by atoms with Gasteiger partial charge in [0, 0.05) is 32.4 Å². The van der Waals surface area contributed by atoms with Gasteiger partial charge in [-0.3, -0.25) is 0 Å². The minimum atomic E-state index is 0.608. The second-order valence-corrected chi connectivity index (χ2v) is 6.05. The molecular formula is C15H22N2. The molecule has 1 heterocycles. The van der Waals surface area contributed by atoms with E-state index < -0.39 is 0 Å². The van der Waals surface area contributed by atoms with Crippen LogP contribution >= 0.6 is 0 Å². The van der Waals surface area contributed by atoms with Crippen molar-refractivity contribution in [2.24, 2.45) is 5.41 Å². The van der Waals surface area contributed by atoms with Gasteiger partial charge >= 0.3 is 0 Å². The summed E-state index contributed by atoms with van der Waals surface area (Å²) in [7, 11) is 2.18. The molecule has 2 aliphatic rings. The van der Waals surface area contributed by atoms with Crippen LogP contribution < -0.4 is 10.2 Å². The smallest absolute Gasteiger partial charge is 0.0397 e. The van der Waals surface area contributed by atoms with Crippen LogP contribution in [0.15, 0.2) is 18.2 Å². The molecule has 0 bridgehead atoms. The Morgan fingerprint density at radius 2 is 2.18 bits per heavy atom. The van der Waals surface area contributed by atoms with Crippen molar-refractivity contribution in [1.82, 2.24) is 5.32 Å². The number of hydrogen-bond acceptors (Lipinski definition) is 2. The van der Waals surface area contributed by atoms with Crippen LogP contribution in [0.1, 0.15) is 30.9 Å². The zero-order valence-corrected chi connectivity index (χ0v) is 10.9. The second kappa shape index (κ2) is 4.02. The summed E-state index contributed by atoms with van der Waals surface area (Å²) in [6.45, 7) is 5.73. The molecule has 2 nitrogen and oxygen atoms in total. The monoisotopic (exact) mass is 230 g/mol. The topological polar surface area (TPSA) is 15.3 Å². The van der Waals surface area contributed by atoms with Crippen LogP contribution in [0.3, 0.4) is 0 Å². The molecule has 92 valence electrons. The number of benzene rings is 1. The number of likely N-dealkylation sites (N-methyl/N-ethyl adjacent to an activating group) is 1. The average Bonchev–Trinajstić information content (AvgIpc) is 2.93. The molecule has 0 atom stereocenters. The van der Waals surface area contributed by atoms with E-state index in [2.05, 4.69) is 42.4 Å². The highest BCUT2D eigenvalue weighted by Crippen LogP contribution is 2.44. The highest BCUT2D eigenvalue weighted by atomic mass is 15.1. The Labute approximate surface area is 104 Å². The van der Waals surface area contributed by atoms with Crippen molar-refractivity contribution < 1.29 is 0 Å². The Morgan fingerprint density at radius 1 is 1.35 bits per heavy atom. The first-order chi connectivity index (χ1) is 8.16. The summed E-state index contributed by atoms with van der Waals surface area (Å²) >= 11 is 0. The molecule has 0 saturated heterocycles. The summed E-state index contributed by atoms with van der Waals surface area (Å²) in [6, 6.07) is 6.92. The fourth-order valence-corrected chi connectivity index (χ4v) is 2.63. The molecule has 2 heteroatoms. The molecule has 0 amide bonds. The molecule has 1 aromatic carbocycles. The van der Waals surface area contributed by atoms with Gasteiger partial charge in [-0.05, 0) is 41.9 Å². The largest absolute Gasteiger partial charge is 0.374 e. The van der Waals surface area contributed by atoms with E-state index in [1.807, 2.05) is 0 Å². The van der Waals surface area contributed by atoms with Crippen molar-refractivity contribution in [3.8, 4) is 0 Å². The van der Waals surface area contributed by atoms with Gasteiger partial charge in [-0.2, -0.15) is 0 Å². The van der Waals surface area contributed by atoms with Crippen LogP contribution in [0.5, 0.6) is 0 Å². The molecule has 1 aliphatic heterocycles. The predicted molar refractivity (Wildman–Crippen MR) is 72.5 cm³/mol. The zero-order valence-electron chi connectivity index (χ0n) is 10.9. The average molecular weight is 230 g/mol. The fraction of sp³-hybridized carbons (Fsp3) is 0.600. The van der Waals surface area contributed by atoms with Crippen LogP contribution in [0.2, 0.25) is 0 Å². The van der Waals surface area contributed by atoms with Gasteiger partial charge in [0.05, 0.1) is 0 Å². The van der Waals surface area contributed by atoms with Gasteiger partial charge in [0.15, 0.2) is 0 Å². The first-order valence-electron chi connectivity index (χ1n) is 6.70. The van der Waals surface area contributed by atoms with E-state index in [0.29, 0.717) is 5.41 Å². The van der Waals surface area contributed by atoms with Crippen LogP contribution in [0, 0.1) is 5.41 Å². The molecule has 0 radical (unpaired) electrons. The van der Waals surface area contributed by atoms with Crippen LogP contribution in [0.4, 0.5) is 5.69 Å². The first-order valence-corrected chi connectivity index (χ1v) is 6.70. The van der Waals surface area contributed by atoms with Crippen LogP contribution in [-0.2, 0) is 13.0 Å². The van der Waals surface area contributed by atoms with E-state index in [-0.39, 0.29) is 0 Å². The Bertz CT molecular complexity index is 421. The molecule has 17 heavy (non-hydrogen) atoms. The number of rotatable bonds is 4. The van der Waals surface area contributed by atoms with Gasteiger partial charge in [0.2, 0.25) is 0 Å². The van der Waals surface area contributed by atoms with E-state index in [4.69, 9.17) is 0 Å². The summed E-state index contributed by atoms with van der Waals surface area (Å²) in [5.41, 5.74) is 4.98. The van der Waals surface area contributed by atoms with Gasteiger partial charge in [0.25, 0.3) is 0 Å². The van der Waals surface area contributed by atoms with Crippen molar-refractivity contribution in [2.75, 3.05) is 25.0 Å². The maximum atomic E-state index is 3.59.